The molecule has 0 amide bonds. The SMILES string of the molecule is Fc1ccccc1[C@H]1C[C@H](c2ccc(Cl)cc2)Nc2nnnn21. The van der Waals surface area contributed by atoms with Gasteiger partial charge >= 0.3 is 0 Å². The van der Waals surface area contributed by atoms with Crippen LogP contribution in [0.2, 0.25) is 5.02 Å². The van der Waals surface area contributed by atoms with E-state index in [4.69, 9.17) is 11.6 Å². The van der Waals surface area contributed by atoms with Crippen molar-refractivity contribution in [2.24, 2.45) is 0 Å². The Bertz CT molecular complexity index is 832. The molecule has 0 fully saturated rings. The molecule has 1 aliphatic rings. The van der Waals surface area contributed by atoms with Gasteiger partial charge in [-0.05, 0) is 40.6 Å². The Labute approximate surface area is 137 Å². The Morgan fingerprint density at radius 1 is 1.13 bits per heavy atom. The van der Waals surface area contributed by atoms with E-state index in [0.717, 1.165) is 5.56 Å². The monoisotopic (exact) mass is 329 g/mol. The number of fused-ring (bicyclic) bond motifs is 1. The van der Waals surface area contributed by atoms with Gasteiger partial charge in [-0.2, -0.15) is 0 Å². The van der Waals surface area contributed by atoms with Gasteiger partial charge in [-0.15, -0.1) is 0 Å². The van der Waals surface area contributed by atoms with Crippen LogP contribution in [0.25, 0.3) is 0 Å². The van der Waals surface area contributed by atoms with E-state index in [2.05, 4.69) is 20.8 Å². The van der Waals surface area contributed by atoms with E-state index in [1.54, 1.807) is 16.8 Å². The fraction of sp³-hybridized carbons (Fsp3) is 0.188. The van der Waals surface area contributed by atoms with Gasteiger partial charge < -0.3 is 5.32 Å². The molecule has 3 aromatic rings. The van der Waals surface area contributed by atoms with Crippen molar-refractivity contribution in [3.63, 3.8) is 0 Å². The summed E-state index contributed by atoms with van der Waals surface area (Å²) in [5.41, 5.74) is 1.64. The molecule has 5 nitrogen and oxygen atoms in total. The fourth-order valence-corrected chi connectivity index (χ4v) is 3.08. The van der Waals surface area contributed by atoms with Crippen molar-refractivity contribution in [1.82, 2.24) is 20.2 Å². The summed E-state index contributed by atoms with van der Waals surface area (Å²) < 4.78 is 15.9. The van der Waals surface area contributed by atoms with Crippen molar-refractivity contribution >= 4 is 17.5 Å². The second-order valence-corrected chi connectivity index (χ2v) is 5.90. The molecule has 2 heterocycles. The van der Waals surface area contributed by atoms with Crippen molar-refractivity contribution < 1.29 is 4.39 Å². The summed E-state index contributed by atoms with van der Waals surface area (Å²) in [7, 11) is 0. The third-order valence-electron chi connectivity index (χ3n) is 4.09. The molecule has 1 N–H and O–H groups in total. The smallest absolute Gasteiger partial charge is 0.243 e. The third-order valence-corrected chi connectivity index (χ3v) is 4.34. The van der Waals surface area contributed by atoms with Gasteiger partial charge in [0.05, 0.1) is 12.1 Å². The van der Waals surface area contributed by atoms with E-state index >= 15 is 0 Å². The maximum absolute atomic E-state index is 14.2. The lowest BCUT2D eigenvalue weighted by Crippen LogP contribution is -2.28. The van der Waals surface area contributed by atoms with E-state index in [1.165, 1.54) is 6.07 Å². The molecule has 0 saturated heterocycles. The summed E-state index contributed by atoms with van der Waals surface area (Å²) in [6.07, 6.45) is 0.639. The highest BCUT2D eigenvalue weighted by Crippen LogP contribution is 2.37. The van der Waals surface area contributed by atoms with E-state index in [-0.39, 0.29) is 17.9 Å². The predicted molar refractivity (Wildman–Crippen MR) is 84.8 cm³/mol. The molecule has 0 saturated carbocycles. The molecule has 7 heteroatoms. The highest BCUT2D eigenvalue weighted by atomic mass is 35.5. The molecule has 1 aromatic heterocycles. The summed E-state index contributed by atoms with van der Waals surface area (Å²) in [4.78, 5) is 0. The standard InChI is InChI=1S/C16H13ClFN5/c17-11-7-5-10(6-8-11)14-9-15(12-3-1-2-4-13(12)18)23-16(19-14)20-21-22-23/h1-8,14-15H,9H2,(H,19,20,22)/t14-,15-/m1/s1. The van der Waals surface area contributed by atoms with Crippen molar-refractivity contribution in [3.8, 4) is 0 Å². The topological polar surface area (TPSA) is 55.6 Å². The molecule has 0 radical (unpaired) electrons. The fourth-order valence-electron chi connectivity index (χ4n) is 2.96. The van der Waals surface area contributed by atoms with E-state index in [1.807, 2.05) is 30.3 Å². The number of tetrazole rings is 1. The predicted octanol–water partition coefficient (Wildman–Crippen LogP) is 3.61. The first-order valence-corrected chi connectivity index (χ1v) is 7.64. The molecule has 4 rings (SSSR count). The van der Waals surface area contributed by atoms with Crippen molar-refractivity contribution in [1.29, 1.82) is 0 Å². The van der Waals surface area contributed by atoms with Gasteiger partial charge in [-0.25, -0.2) is 9.07 Å². The van der Waals surface area contributed by atoms with Crippen LogP contribution in [-0.2, 0) is 0 Å². The quantitative estimate of drug-likeness (QED) is 0.780. The van der Waals surface area contributed by atoms with Crippen LogP contribution in [-0.4, -0.2) is 20.2 Å². The zero-order chi connectivity index (χ0) is 15.8. The molecule has 2 atom stereocenters. The third kappa shape index (κ3) is 2.55. The number of rotatable bonds is 2. The van der Waals surface area contributed by atoms with Crippen LogP contribution in [0.1, 0.15) is 29.6 Å². The molecule has 1 aliphatic heterocycles. The first-order valence-electron chi connectivity index (χ1n) is 7.26. The molecule has 0 bridgehead atoms. The summed E-state index contributed by atoms with van der Waals surface area (Å²) in [5.74, 6) is 0.278. The number of benzene rings is 2. The minimum Gasteiger partial charge on any atom is -0.346 e. The lowest BCUT2D eigenvalue weighted by molar-refractivity contribution is 0.409. The highest BCUT2D eigenvalue weighted by Gasteiger charge is 2.31. The van der Waals surface area contributed by atoms with Crippen molar-refractivity contribution in [2.45, 2.75) is 18.5 Å². The van der Waals surface area contributed by atoms with Gasteiger partial charge in [0.25, 0.3) is 0 Å². The molecule has 116 valence electrons. The van der Waals surface area contributed by atoms with Crippen LogP contribution in [0.3, 0.4) is 0 Å². The molecule has 2 aromatic carbocycles. The Morgan fingerprint density at radius 3 is 2.70 bits per heavy atom. The number of nitrogens with zero attached hydrogens (tertiary/aromatic N) is 4. The minimum absolute atomic E-state index is 0.0182. The molecule has 0 aliphatic carbocycles. The summed E-state index contributed by atoms with van der Waals surface area (Å²) in [6, 6.07) is 14.0. The Morgan fingerprint density at radius 2 is 1.91 bits per heavy atom. The zero-order valence-electron chi connectivity index (χ0n) is 12.0. The maximum atomic E-state index is 14.2. The van der Waals surface area contributed by atoms with Gasteiger partial charge in [0.15, 0.2) is 0 Å². The van der Waals surface area contributed by atoms with Crippen LogP contribution in [0, 0.1) is 5.82 Å². The highest BCUT2D eigenvalue weighted by molar-refractivity contribution is 6.30. The number of hydrogen-bond donors (Lipinski definition) is 1. The van der Waals surface area contributed by atoms with Crippen LogP contribution in [0.5, 0.6) is 0 Å². The molecule has 0 spiro atoms. The van der Waals surface area contributed by atoms with Gasteiger partial charge in [-0.1, -0.05) is 47.0 Å². The minimum atomic E-state index is -0.261. The Kier molecular flexibility index (Phi) is 3.46. The normalized spacial score (nSPS) is 19.9. The lowest BCUT2D eigenvalue weighted by Gasteiger charge is -2.31. The first-order chi connectivity index (χ1) is 11.2. The van der Waals surface area contributed by atoms with Gasteiger partial charge in [-0.3, -0.25) is 0 Å². The number of anilines is 1. The van der Waals surface area contributed by atoms with E-state index in [0.29, 0.717) is 23.0 Å². The summed E-state index contributed by atoms with van der Waals surface area (Å²) in [6.45, 7) is 0. The van der Waals surface area contributed by atoms with Gasteiger partial charge in [0, 0.05) is 10.6 Å². The molecular formula is C16H13ClFN5. The maximum Gasteiger partial charge on any atom is 0.243 e. The average Bonchev–Trinajstić information content (AvgIpc) is 3.04. The first kappa shape index (κ1) is 14.1. The van der Waals surface area contributed by atoms with Gasteiger partial charge in [0.1, 0.15) is 5.82 Å². The Hall–Kier alpha value is -2.47. The molecule has 0 unspecified atom stereocenters. The van der Waals surface area contributed by atoms with Crippen LogP contribution >= 0.6 is 11.6 Å². The molecular weight excluding hydrogens is 317 g/mol. The van der Waals surface area contributed by atoms with E-state index in [9.17, 15) is 4.39 Å². The van der Waals surface area contributed by atoms with E-state index < -0.39 is 0 Å². The number of hydrogen-bond acceptors (Lipinski definition) is 4. The van der Waals surface area contributed by atoms with Crippen molar-refractivity contribution in [3.05, 3.63) is 70.5 Å². The summed E-state index contributed by atoms with van der Waals surface area (Å²) >= 11 is 5.95. The lowest BCUT2D eigenvalue weighted by atomic mass is 9.93. The van der Waals surface area contributed by atoms with Crippen LogP contribution < -0.4 is 5.32 Å². The number of aromatic nitrogens is 4. The average molecular weight is 330 g/mol. The Balaban J connectivity index is 1.75. The zero-order valence-corrected chi connectivity index (χ0v) is 12.8. The summed E-state index contributed by atoms with van der Waals surface area (Å²) in [5, 5.41) is 15.7. The van der Waals surface area contributed by atoms with Crippen molar-refractivity contribution in [2.75, 3.05) is 5.32 Å². The van der Waals surface area contributed by atoms with Gasteiger partial charge in [0.2, 0.25) is 5.95 Å². The molecule has 23 heavy (non-hydrogen) atoms. The number of nitrogens with one attached hydrogen (secondary N) is 1. The second kappa shape index (κ2) is 5.62. The second-order valence-electron chi connectivity index (χ2n) is 5.47. The van der Waals surface area contributed by atoms with Crippen LogP contribution in [0.15, 0.2) is 48.5 Å². The number of halogens is 2. The van der Waals surface area contributed by atoms with Crippen LogP contribution in [0.4, 0.5) is 10.3 Å². The largest absolute Gasteiger partial charge is 0.346 e.